The molecule has 0 fully saturated rings. The maximum absolute atomic E-state index is 12.6. The highest BCUT2D eigenvalue weighted by Crippen LogP contribution is 2.31. The number of carbonyl (C=O) groups excluding carboxylic acids is 1. The fraction of sp³-hybridized carbons (Fsp3) is 0.176. The van der Waals surface area contributed by atoms with Crippen molar-refractivity contribution in [2.75, 3.05) is 6.61 Å². The topological polar surface area (TPSA) is 59.9 Å². The molecular formula is C17H15ClF2N2O3. The van der Waals surface area contributed by atoms with E-state index in [-0.39, 0.29) is 23.7 Å². The van der Waals surface area contributed by atoms with Crippen LogP contribution in [0.1, 0.15) is 22.8 Å². The monoisotopic (exact) mass is 368 g/mol. The van der Waals surface area contributed by atoms with E-state index >= 15 is 0 Å². The standard InChI is InChI=1S/C17H15ClF2N2O3/c1-2-24-14-8-4-6-12(15(14)25-17(19)20)10-21-22-16(23)11-5-3-7-13(18)9-11/h3-10,17H,2H2,1H3,(H,22,23)/b21-10-. The van der Waals surface area contributed by atoms with Gasteiger partial charge in [-0.3, -0.25) is 4.79 Å². The van der Waals surface area contributed by atoms with E-state index in [0.717, 1.165) is 0 Å². The summed E-state index contributed by atoms with van der Waals surface area (Å²) in [6.45, 7) is -1.01. The summed E-state index contributed by atoms with van der Waals surface area (Å²) < 4.78 is 35.0. The van der Waals surface area contributed by atoms with E-state index in [0.29, 0.717) is 10.6 Å². The lowest BCUT2D eigenvalue weighted by Crippen LogP contribution is -2.17. The molecule has 8 heteroatoms. The summed E-state index contributed by atoms with van der Waals surface area (Å²) in [6.07, 6.45) is 1.20. The molecule has 0 radical (unpaired) electrons. The van der Waals surface area contributed by atoms with Gasteiger partial charge in [0.25, 0.3) is 5.91 Å². The van der Waals surface area contributed by atoms with Crippen LogP contribution >= 0.6 is 11.6 Å². The van der Waals surface area contributed by atoms with Gasteiger partial charge in [-0.15, -0.1) is 0 Å². The first-order chi connectivity index (χ1) is 12.0. The van der Waals surface area contributed by atoms with Gasteiger partial charge in [-0.05, 0) is 37.3 Å². The highest BCUT2D eigenvalue weighted by molar-refractivity contribution is 6.30. The Morgan fingerprint density at radius 3 is 2.76 bits per heavy atom. The van der Waals surface area contributed by atoms with Crippen molar-refractivity contribution in [1.82, 2.24) is 5.43 Å². The Morgan fingerprint density at radius 2 is 2.08 bits per heavy atom. The lowest BCUT2D eigenvalue weighted by Gasteiger charge is -2.13. The lowest BCUT2D eigenvalue weighted by molar-refractivity contribution is -0.0515. The average molecular weight is 369 g/mol. The summed E-state index contributed by atoms with van der Waals surface area (Å²) in [6, 6.07) is 10.9. The van der Waals surface area contributed by atoms with Crippen LogP contribution in [0.2, 0.25) is 5.02 Å². The van der Waals surface area contributed by atoms with Gasteiger partial charge in [0.1, 0.15) is 0 Å². The Kier molecular flexibility index (Phi) is 6.71. The number of halogens is 3. The van der Waals surface area contributed by atoms with E-state index in [1.165, 1.54) is 24.4 Å². The predicted molar refractivity (Wildman–Crippen MR) is 90.8 cm³/mol. The summed E-state index contributed by atoms with van der Waals surface area (Å²) in [5, 5.41) is 4.18. The summed E-state index contributed by atoms with van der Waals surface area (Å²) in [7, 11) is 0. The van der Waals surface area contributed by atoms with Gasteiger partial charge in [-0.25, -0.2) is 5.43 Å². The van der Waals surface area contributed by atoms with Crippen molar-refractivity contribution in [1.29, 1.82) is 0 Å². The normalized spacial score (nSPS) is 10.9. The second-order valence-electron chi connectivity index (χ2n) is 4.70. The molecule has 0 unspecified atom stereocenters. The molecule has 0 heterocycles. The van der Waals surface area contributed by atoms with Crippen molar-refractivity contribution in [3.05, 3.63) is 58.6 Å². The fourth-order valence-corrected chi connectivity index (χ4v) is 2.16. The van der Waals surface area contributed by atoms with Crippen LogP contribution in [0.3, 0.4) is 0 Å². The van der Waals surface area contributed by atoms with Crippen molar-refractivity contribution in [2.24, 2.45) is 5.10 Å². The molecular weight excluding hydrogens is 354 g/mol. The summed E-state index contributed by atoms with van der Waals surface area (Å²) in [4.78, 5) is 12.0. The maximum atomic E-state index is 12.6. The van der Waals surface area contributed by atoms with E-state index in [1.54, 1.807) is 31.2 Å². The zero-order valence-corrected chi connectivity index (χ0v) is 14.0. The minimum atomic E-state index is -3.02. The molecule has 2 aromatic rings. The molecule has 132 valence electrons. The maximum Gasteiger partial charge on any atom is 0.387 e. The number of rotatable bonds is 7. The Balaban J connectivity index is 2.16. The molecule has 0 atom stereocenters. The quantitative estimate of drug-likeness (QED) is 0.591. The van der Waals surface area contributed by atoms with Gasteiger partial charge in [0.15, 0.2) is 11.5 Å². The van der Waals surface area contributed by atoms with E-state index in [2.05, 4.69) is 15.3 Å². The minimum Gasteiger partial charge on any atom is -0.490 e. The van der Waals surface area contributed by atoms with Crippen LogP contribution in [-0.2, 0) is 0 Å². The molecule has 0 saturated carbocycles. The zero-order chi connectivity index (χ0) is 18.2. The number of para-hydroxylation sites is 1. The molecule has 0 aliphatic rings. The van der Waals surface area contributed by atoms with E-state index in [9.17, 15) is 13.6 Å². The molecule has 0 aromatic heterocycles. The van der Waals surface area contributed by atoms with Crippen molar-refractivity contribution in [2.45, 2.75) is 13.5 Å². The summed E-state index contributed by atoms with van der Waals surface area (Å²) in [5.41, 5.74) is 2.85. The van der Waals surface area contributed by atoms with Gasteiger partial charge < -0.3 is 9.47 Å². The number of carbonyl (C=O) groups is 1. The van der Waals surface area contributed by atoms with E-state index in [4.69, 9.17) is 16.3 Å². The summed E-state index contributed by atoms with van der Waals surface area (Å²) in [5.74, 6) is -0.482. The first-order valence-corrected chi connectivity index (χ1v) is 7.68. The van der Waals surface area contributed by atoms with E-state index < -0.39 is 12.5 Å². The highest BCUT2D eigenvalue weighted by Gasteiger charge is 2.14. The number of amides is 1. The molecule has 0 saturated heterocycles. The number of nitrogens with zero attached hydrogens (tertiary/aromatic N) is 1. The Hall–Kier alpha value is -2.67. The zero-order valence-electron chi connectivity index (χ0n) is 13.2. The molecule has 25 heavy (non-hydrogen) atoms. The first-order valence-electron chi connectivity index (χ1n) is 7.31. The van der Waals surface area contributed by atoms with Crippen molar-refractivity contribution >= 4 is 23.7 Å². The molecule has 0 bridgehead atoms. The van der Waals surface area contributed by atoms with Gasteiger partial charge in [-0.2, -0.15) is 13.9 Å². The van der Waals surface area contributed by atoms with Crippen LogP contribution in [0.25, 0.3) is 0 Å². The van der Waals surface area contributed by atoms with Gasteiger partial charge in [-0.1, -0.05) is 23.7 Å². The number of alkyl halides is 2. The number of hydrogen-bond acceptors (Lipinski definition) is 4. The minimum absolute atomic E-state index is 0.153. The molecule has 1 N–H and O–H groups in total. The SMILES string of the molecule is CCOc1cccc(/C=N\NC(=O)c2cccc(Cl)c2)c1OC(F)F. The third-order valence-corrected chi connectivity index (χ3v) is 3.21. The van der Waals surface area contributed by atoms with Gasteiger partial charge in [0.2, 0.25) is 0 Å². The van der Waals surface area contributed by atoms with E-state index in [1.807, 2.05) is 0 Å². The Morgan fingerprint density at radius 1 is 1.32 bits per heavy atom. The molecule has 5 nitrogen and oxygen atoms in total. The number of benzene rings is 2. The van der Waals surface area contributed by atoms with Crippen molar-refractivity contribution in [3.8, 4) is 11.5 Å². The molecule has 2 aromatic carbocycles. The first kappa shape index (κ1) is 18.7. The molecule has 0 aliphatic heterocycles. The molecule has 2 rings (SSSR count). The number of nitrogens with one attached hydrogen (secondary N) is 1. The highest BCUT2D eigenvalue weighted by atomic mass is 35.5. The van der Waals surface area contributed by atoms with Crippen LogP contribution in [0, 0.1) is 0 Å². The van der Waals surface area contributed by atoms with Crippen LogP contribution in [0.5, 0.6) is 11.5 Å². The average Bonchev–Trinajstić information content (AvgIpc) is 2.57. The van der Waals surface area contributed by atoms with Crippen LogP contribution in [0.4, 0.5) is 8.78 Å². The predicted octanol–water partition coefficient (Wildman–Crippen LogP) is 4.10. The van der Waals surface area contributed by atoms with Gasteiger partial charge in [0.05, 0.1) is 12.8 Å². The lowest BCUT2D eigenvalue weighted by atomic mass is 10.2. The number of ether oxygens (including phenoxy) is 2. The Bertz CT molecular complexity index is 769. The number of hydrazone groups is 1. The largest absolute Gasteiger partial charge is 0.490 e. The van der Waals surface area contributed by atoms with Crippen LogP contribution < -0.4 is 14.9 Å². The molecule has 0 spiro atoms. The Labute approximate surface area is 148 Å². The fourth-order valence-electron chi connectivity index (χ4n) is 1.97. The van der Waals surface area contributed by atoms with Gasteiger partial charge in [0, 0.05) is 16.1 Å². The second kappa shape index (κ2) is 8.98. The summed E-state index contributed by atoms with van der Waals surface area (Å²) >= 11 is 5.82. The van der Waals surface area contributed by atoms with Gasteiger partial charge >= 0.3 is 6.61 Å². The van der Waals surface area contributed by atoms with Crippen molar-refractivity contribution in [3.63, 3.8) is 0 Å². The molecule has 0 aliphatic carbocycles. The third-order valence-electron chi connectivity index (χ3n) is 2.97. The molecule has 1 amide bonds. The third kappa shape index (κ3) is 5.42. The second-order valence-corrected chi connectivity index (χ2v) is 5.13. The van der Waals surface area contributed by atoms with Crippen LogP contribution in [0.15, 0.2) is 47.6 Å². The van der Waals surface area contributed by atoms with Crippen LogP contribution in [-0.4, -0.2) is 25.3 Å². The number of hydrogen-bond donors (Lipinski definition) is 1. The van der Waals surface area contributed by atoms with Crippen molar-refractivity contribution < 1.29 is 23.0 Å². The smallest absolute Gasteiger partial charge is 0.387 e.